The normalized spacial score (nSPS) is 21.8. The van der Waals surface area contributed by atoms with E-state index < -0.39 is 0 Å². The van der Waals surface area contributed by atoms with Crippen LogP contribution in [0, 0.1) is 0 Å². The molecule has 68 valence electrons. The molecule has 1 aromatic heterocycles. The molecule has 0 N–H and O–H groups in total. The highest BCUT2D eigenvalue weighted by Gasteiger charge is 2.11. The van der Waals surface area contributed by atoms with Gasteiger partial charge in [0.2, 0.25) is 0 Å². The number of nitrogens with zero attached hydrogens (tertiary/aromatic N) is 1. The average molecular weight is 196 g/mol. The van der Waals surface area contributed by atoms with Crippen LogP contribution in [0.4, 0.5) is 0 Å². The van der Waals surface area contributed by atoms with Crippen LogP contribution in [-0.2, 0) is 4.74 Å². The molecule has 0 bridgehead atoms. The second-order valence-electron chi connectivity index (χ2n) is 2.92. The summed E-state index contributed by atoms with van der Waals surface area (Å²) in [7, 11) is 0. The molecule has 1 aromatic rings. The lowest BCUT2D eigenvalue weighted by Crippen LogP contribution is -2.06. The van der Waals surface area contributed by atoms with E-state index in [-0.39, 0.29) is 6.10 Å². The summed E-state index contributed by atoms with van der Waals surface area (Å²) < 4.78 is 5.55. The van der Waals surface area contributed by atoms with Gasteiger partial charge in [0.15, 0.2) is 0 Å². The average Bonchev–Trinajstić information content (AvgIpc) is 2.19. The van der Waals surface area contributed by atoms with Gasteiger partial charge in [0, 0.05) is 6.20 Å². The number of ether oxygens (including phenoxy) is 1. The molecule has 2 heterocycles. The van der Waals surface area contributed by atoms with E-state index in [0.717, 1.165) is 18.6 Å². The Morgan fingerprint density at radius 3 is 3.15 bits per heavy atom. The Morgan fingerprint density at radius 2 is 2.46 bits per heavy atom. The zero-order chi connectivity index (χ0) is 9.10. The summed E-state index contributed by atoms with van der Waals surface area (Å²) in [5.74, 6) is 0. The molecule has 13 heavy (non-hydrogen) atoms. The van der Waals surface area contributed by atoms with Crippen LogP contribution in [0.1, 0.15) is 18.1 Å². The summed E-state index contributed by atoms with van der Waals surface area (Å²) in [6.45, 7) is 0.779. The van der Waals surface area contributed by atoms with Crippen LogP contribution in [0.15, 0.2) is 30.5 Å². The fourth-order valence-corrected chi connectivity index (χ4v) is 1.52. The quantitative estimate of drug-likeness (QED) is 0.508. The van der Waals surface area contributed by atoms with Gasteiger partial charge >= 0.3 is 0 Å². The first kappa shape index (κ1) is 8.73. The first-order valence-electron chi connectivity index (χ1n) is 4.26. The van der Waals surface area contributed by atoms with Gasteiger partial charge in [-0.15, -0.1) is 0 Å². The molecule has 0 aliphatic carbocycles. The highest BCUT2D eigenvalue weighted by molar-refractivity contribution is 6.29. The van der Waals surface area contributed by atoms with Crippen molar-refractivity contribution in [2.24, 2.45) is 0 Å². The fourth-order valence-electron chi connectivity index (χ4n) is 1.34. The largest absolute Gasteiger partial charge is 0.369 e. The van der Waals surface area contributed by atoms with E-state index in [0.29, 0.717) is 5.15 Å². The predicted molar refractivity (Wildman–Crippen MR) is 51.7 cm³/mol. The molecule has 0 saturated heterocycles. The van der Waals surface area contributed by atoms with Gasteiger partial charge in [-0.1, -0.05) is 23.8 Å². The van der Waals surface area contributed by atoms with Gasteiger partial charge in [0.25, 0.3) is 0 Å². The topological polar surface area (TPSA) is 22.1 Å². The molecular weight excluding hydrogens is 186 g/mol. The monoisotopic (exact) mass is 195 g/mol. The second kappa shape index (κ2) is 3.90. The lowest BCUT2D eigenvalue weighted by Gasteiger charge is -2.17. The van der Waals surface area contributed by atoms with Crippen molar-refractivity contribution in [3.8, 4) is 0 Å². The summed E-state index contributed by atoms with van der Waals surface area (Å²) >= 11 is 5.77. The van der Waals surface area contributed by atoms with E-state index in [2.05, 4.69) is 17.1 Å². The maximum Gasteiger partial charge on any atom is 0.129 e. The van der Waals surface area contributed by atoms with Crippen LogP contribution < -0.4 is 0 Å². The summed E-state index contributed by atoms with van der Waals surface area (Å²) in [5, 5.41) is 0.514. The van der Waals surface area contributed by atoms with Crippen molar-refractivity contribution < 1.29 is 4.74 Å². The second-order valence-corrected chi connectivity index (χ2v) is 3.31. The van der Waals surface area contributed by atoms with Gasteiger partial charge in [-0.05, 0) is 24.1 Å². The molecule has 2 rings (SSSR count). The maximum atomic E-state index is 5.77. The van der Waals surface area contributed by atoms with E-state index in [4.69, 9.17) is 16.3 Å². The first-order chi connectivity index (χ1) is 6.36. The van der Waals surface area contributed by atoms with E-state index in [1.807, 2.05) is 12.1 Å². The maximum absolute atomic E-state index is 5.77. The Bertz CT molecular complexity index is 324. The van der Waals surface area contributed by atoms with Crippen molar-refractivity contribution >= 4 is 11.6 Å². The summed E-state index contributed by atoms with van der Waals surface area (Å²) in [5.41, 5.74) is 1.07. The van der Waals surface area contributed by atoms with E-state index >= 15 is 0 Å². The summed E-state index contributed by atoms with van der Waals surface area (Å²) in [6, 6.07) is 3.76. The number of halogens is 1. The van der Waals surface area contributed by atoms with Gasteiger partial charge in [-0.25, -0.2) is 4.98 Å². The Morgan fingerprint density at radius 1 is 1.54 bits per heavy atom. The fraction of sp³-hybridized carbons (Fsp3) is 0.300. The zero-order valence-corrected chi connectivity index (χ0v) is 7.87. The van der Waals surface area contributed by atoms with E-state index in [1.54, 1.807) is 6.20 Å². The van der Waals surface area contributed by atoms with E-state index in [1.165, 1.54) is 0 Å². The van der Waals surface area contributed by atoms with Crippen molar-refractivity contribution in [2.75, 3.05) is 6.61 Å². The van der Waals surface area contributed by atoms with Gasteiger partial charge in [-0.3, -0.25) is 0 Å². The summed E-state index contributed by atoms with van der Waals surface area (Å²) in [4.78, 5) is 3.92. The minimum absolute atomic E-state index is 0.0502. The molecule has 1 aliphatic heterocycles. The van der Waals surface area contributed by atoms with Crippen LogP contribution in [0.3, 0.4) is 0 Å². The molecular formula is C10H10ClNO. The number of rotatable bonds is 1. The molecule has 1 unspecified atom stereocenters. The molecule has 0 aromatic carbocycles. The van der Waals surface area contributed by atoms with Crippen molar-refractivity contribution in [2.45, 2.75) is 12.5 Å². The Labute approximate surface area is 82.2 Å². The van der Waals surface area contributed by atoms with Crippen molar-refractivity contribution in [1.82, 2.24) is 4.98 Å². The molecule has 0 amide bonds. The molecule has 2 nitrogen and oxygen atoms in total. The molecule has 0 fully saturated rings. The molecule has 0 spiro atoms. The van der Waals surface area contributed by atoms with Crippen molar-refractivity contribution in [3.63, 3.8) is 0 Å². The van der Waals surface area contributed by atoms with Gasteiger partial charge < -0.3 is 4.74 Å². The molecule has 1 atom stereocenters. The summed E-state index contributed by atoms with van der Waals surface area (Å²) in [6.07, 6.45) is 6.92. The minimum atomic E-state index is 0.0502. The van der Waals surface area contributed by atoms with Crippen LogP contribution >= 0.6 is 11.6 Å². The Balaban J connectivity index is 2.24. The number of hydrogen-bond donors (Lipinski definition) is 0. The number of aromatic nitrogens is 1. The molecule has 3 heteroatoms. The van der Waals surface area contributed by atoms with Gasteiger partial charge in [-0.2, -0.15) is 0 Å². The van der Waals surface area contributed by atoms with Crippen LogP contribution in [0.2, 0.25) is 5.15 Å². The molecule has 0 saturated carbocycles. The Kier molecular flexibility index (Phi) is 2.62. The van der Waals surface area contributed by atoms with Crippen LogP contribution in [-0.4, -0.2) is 11.6 Å². The number of hydrogen-bond acceptors (Lipinski definition) is 2. The third-order valence-corrected chi connectivity index (χ3v) is 2.18. The molecule has 0 radical (unpaired) electrons. The highest BCUT2D eigenvalue weighted by atomic mass is 35.5. The molecule has 1 aliphatic rings. The third-order valence-electron chi connectivity index (χ3n) is 1.97. The Hall–Kier alpha value is -0.860. The standard InChI is InChI=1S/C10H10ClNO/c11-10-7-8(4-5-12-10)9-3-1-2-6-13-9/h1,3-5,7,9H,2,6H2. The highest BCUT2D eigenvalue weighted by Crippen LogP contribution is 2.23. The van der Waals surface area contributed by atoms with Crippen LogP contribution in [0.25, 0.3) is 0 Å². The lowest BCUT2D eigenvalue weighted by molar-refractivity contribution is 0.0800. The van der Waals surface area contributed by atoms with Crippen molar-refractivity contribution in [1.29, 1.82) is 0 Å². The predicted octanol–water partition coefficient (Wildman–Crippen LogP) is 2.75. The van der Waals surface area contributed by atoms with Gasteiger partial charge in [0.1, 0.15) is 11.3 Å². The third kappa shape index (κ3) is 2.08. The van der Waals surface area contributed by atoms with E-state index in [9.17, 15) is 0 Å². The first-order valence-corrected chi connectivity index (χ1v) is 4.64. The smallest absolute Gasteiger partial charge is 0.129 e. The van der Waals surface area contributed by atoms with Crippen molar-refractivity contribution in [3.05, 3.63) is 41.2 Å². The number of pyridine rings is 1. The van der Waals surface area contributed by atoms with Crippen LogP contribution in [0.5, 0.6) is 0 Å². The lowest BCUT2D eigenvalue weighted by atomic mass is 10.1. The minimum Gasteiger partial charge on any atom is -0.369 e. The SMILES string of the molecule is Clc1cc(C2C=CCCO2)ccn1. The van der Waals surface area contributed by atoms with Gasteiger partial charge in [0.05, 0.1) is 6.61 Å². The zero-order valence-electron chi connectivity index (χ0n) is 7.11.